The van der Waals surface area contributed by atoms with Gasteiger partial charge in [0.25, 0.3) is 11.8 Å². The number of hydrogen-bond acceptors (Lipinski definition) is 6. The van der Waals surface area contributed by atoms with Gasteiger partial charge in [0.05, 0.1) is 6.61 Å². The highest BCUT2D eigenvalue weighted by Crippen LogP contribution is 2.43. The number of carbonyl (C=O) groups excluding carboxylic acids is 1. The second-order valence-electron chi connectivity index (χ2n) is 10.2. The molecule has 2 aliphatic carbocycles. The topological polar surface area (TPSA) is 76.4 Å². The fourth-order valence-corrected chi connectivity index (χ4v) is 6.82. The zero-order chi connectivity index (χ0) is 22.6. The van der Waals surface area contributed by atoms with Gasteiger partial charge in [-0.3, -0.25) is 4.79 Å². The molecule has 3 fully saturated rings. The molecule has 178 valence electrons. The van der Waals surface area contributed by atoms with Crippen molar-refractivity contribution in [3.8, 4) is 5.88 Å². The van der Waals surface area contributed by atoms with E-state index in [1.165, 1.54) is 37.4 Å². The molecule has 2 aromatic rings. The number of ether oxygens (including phenoxy) is 1. The first kappa shape index (κ1) is 22.8. The number of nitrogens with zero attached hydrogens (tertiary/aromatic N) is 1. The minimum Gasteiger partial charge on any atom is -0.474 e. The Morgan fingerprint density at radius 3 is 2.79 bits per heavy atom. The lowest BCUT2D eigenvalue weighted by molar-refractivity contribution is 0.0757. The van der Waals surface area contributed by atoms with Gasteiger partial charge in [-0.15, -0.1) is 0 Å². The van der Waals surface area contributed by atoms with E-state index in [-0.39, 0.29) is 17.7 Å². The molecule has 1 amide bonds. The maximum Gasteiger partial charge on any atom is 0.291 e. The number of hydrogen-bond donors (Lipinski definition) is 2. The molecule has 2 bridgehead atoms. The van der Waals surface area contributed by atoms with Crippen molar-refractivity contribution in [1.82, 2.24) is 15.8 Å². The molecule has 1 aromatic carbocycles. The first-order chi connectivity index (χ1) is 16.2. The second kappa shape index (κ2) is 10.5. The Balaban J connectivity index is 1.32. The van der Waals surface area contributed by atoms with Crippen molar-refractivity contribution in [1.29, 1.82) is 0 Å². The molecule has 2 N–H and O–H groups in total. The molecule has 33 heavy (non-hydrogen) atoms. The van der Waals surface area contributed by atoms with Crippen molar-refractivity contribution >= 4 is 17.7 Å². The van der Waals surface area contributed by atoms with Gasteiger partial charge in [-0.1, -0.05) is 36.9 Å². The van der Waals surface area contributed by atoms with Crippen LogP contribution in [0.2, 0.25) is 0 Å². The van der Waals surface area contributed by atoms with Crippen LogP contribution in [-0.4, -0.2) is 36.8 Å². The summed E-state index contributed by atoms with van der Waals surface area (Å²) in [4.78, 5) is 15.1. The molecule has 1 aliphatic heterocycles. The van der Waals surface area contributed by atoms with Gasteiger partial charge in [0.1, 0.15) is 4.90 Å². The van der Waals surface area contributed by atoms with Crippen LogP contribution < -0.4 is 15.4 Å². The van der Waals surface area contributed by atoms with Crippen LogP contribution in [0, 0.1) is 23.7 Å². The van der Waals surface area contributed by atoms with Crippen molar-refractivity contribution in [2.45, 2.75) is 67.7 Å². The van der Waals surface area contributed by atoms with Crippen LogP contribution in [0.4, 0.5) is 0 Å². The molecule has 6 nitrogen and oxygen atoms in total. The van der Waals surface area contributed by atoms with Crippen molar-refractivity contribution in [3.63, 3.8) is 0 Å². The van der Waals surface area contributed by atoms with E-state index in [1.54, 1.807) is 0 Å². The lowest BCUT2D eigenvalue weighted by atomic mass is 9.66. The van der Waals surface area contributed by atoms with Gasteiger partial charge in [0.15, 0.2) is 0 Å². The van der Waals surface area contributed by atoms with E-state index < -0.39 is 0 Å². The predicted octanol–water partition coefficient (Wildman–Crippen LogP) is 5.15. The Bertz CT molecular complexity index is 926. The van der Waals surface area contributed by atoms with Gasteiger partial charge in [-0.25, -0.2) is 0 Å². The first-order valence-electron chi connectivity index (χ1n) is 12.5. The zero-order valence-corrected chi connectivity index (χ0v) is 20.2. The van der Waals surface area contributed by atoms with Crippen LogP contribution >= 0.6 is 11.8 Å². The third-order valence-corrected chi connectivity index (χ3v) is 8.62. The average Bonchev–Trinajstić information content (AvgIpc) is 3.23. The van der Waals surface area contributed by atoms with Gasteiger partial charge in [-0.2, -0.15) is 0 Å². The number of rotatable bonds is 7. The summed E-state index contributed by atoms with van der Waals surface area (Å²) in [6, 6.07) is 10.2. The maximum atomic E-state index is 13.4. The lowest BCUT2D eigenvalue weighted by Gasteiger charge is -2.43. The number of nitrogens with one attached hydrogen (secondary N) is 2. The Hall–Kier alpha value is -1.99. The summed E-state index contributed by atoms with van der Waals surface area (Å²) in [5.41, 5.74) is 0. The van der Waals surface area contributed by atoms with Crippen molar-refractivity contribution < 1.29 is 14.1 Å². The van der Waals surface area contributed by atoms with E-state index in [9.17, 15) is 4.79 Å². The summed E-state index contributed by atoms with van der Waals surface area (Å²) in [6.45, 7) is 4.99. The first-order valence-corrected chi connectivity index (χ1v) is 13.3. The Kier molecular flexibility index (Phi) is 7.26. The second-order valence-corrected chi connectivity index (χ2v) is 11.2. The highest BCUT2D eigenvalue weighted by Gasteiger charge is 2.38. The average molecular weight is 470 g/mol. The van der Waals surface area contributed by atoms with Crippen molar-refractivity contribution in [2.24, 2.45) is 23.7 Å². The smallest absolute Gasteiger partial charge is 0.291 e. The van der Waals surface area contributed by atoms with Crippen molar-refractivity contribution in [3.05, 3.63) is 36.1 Å². The van der Waals surface area contributed by atoms with E-state index in [1.807, 2.05) is 30.3 Å². The molecular weight excluding hydrogens is 434 g/mol. The van der Waals surface area contributed by atoms with Crippen LogP contribution in [0.5, 0.6) is 5.88 Å². The summed E-state index contributed by atoms with van der Waals surface area (Å²) in [5.74, 6) is 3.18. The standard InChI is InChI=1S/C26H35N3O3S/c1-17-13-19-7-8-22(20(14-17)15-19)28-25(30)23-24(33-21-5-3-2-4-6-21)26(29-32-23)31-16-18-9-11-27-12-10-18/h2-6,17-20,22,27H,7-16H2,1H3,(H,28,30). The number of carbonyl (C=O) groups is 1. The highest BCUT2D eigenvalue weighted by molar-refractivity contribution is 7.99. The lowest BCUT2D eigenvalue weighted by Crippen LogP contribution is -2.46. The van der Waals surface area contributed by atoms with E-state index in [2.05, 4.69) is 22.7 Å². The number of aromatic nitrogens is 1. The molecular formula is C26H35N3O3S. The van der Waals surface area contributed by atoms with Crippen LogP contribution in [0.1, 0.15) is 62.4 Å². The molecule has 7 heteroatoms. The van der Waals surface area contributed by atoms with Gasteiger partial charge >= 0.3 is 0 Å². The molecule has 4 unspecified atom stereocenters. The molecule has 0 spiro atoms. The Labute approximate surface area is 200 Å². The van der Waals surface area contributed by atoms with Crippen LogP contribution in [0.15, 0.2) is 44.6 Å². The van der Waals surface area contributed by atoms with Crippen LogP contribution in [0.3, 0.4) is 0 Å². The van der Waals surface area contributed by atoms with Gasteiger partial charge in [-0.05, 0) is 99.0 Å². The summed E-state index contributed by atoms with van der Waals surface area (Å²) >= 11 is 1.49. The third kappa shape index (κ3) is 5.57. The van der Waals surface area contributed by atoms with Crippen LogP contribution in [-0.2, 0) is 0 Å². The molecule has 4 atom stereocenters. The summed E-state index contributed by atoms with van der Waals surface area (Å²) < 4.78 is 11.7. The van der Waals surface area contributed by atoms with Crippen LogP contribution in [0.25, 0.3) is 0 Å². The highest BCUT2D eigenvalue weighted by atomic mass is 32.2. The van der Waals surface area contributed by atoms with Crippen molar-refractivity contribution in [2.75, 3.05) is 19.7 Å². The van der Waals surface area contributed by atoms with E-state index >= 15 is 0 Å². The molecule has 2 saturated carbocycles. The fraction of sp³-hybridized carbons (Fsp3) is 0.615. The number of piperidine rings is 1. The maximum absolute atomic E-state index is 13.4. The summed E-state index contributed by atoms with van der Waals surface area (Å²) in [5, 5.41) is 10.9. The Morgan fingerprint density at radius 2 is 1.97 bits per heavy atom. The SMILES string of the molecule is CC1CC2CCC(NC(=O)c3onc(OCC4CCNCC4)c3Sc3ccccc3)C(C1)C2. The van der Waals surface area contributed by atoms with Gasteiger partial charge in [0, 0.05) is 10.9 Å². The molecule has 2 heterocycles. The van der Waals surface area contributed by atoms with Gasteiger partial charge < -0.3 is 19.9 Å². The quantitative estimate of drug-likeness (QED) is 0.584. The number of amides is 1. The monoisotopic (exact) mass is 469 g/mol. The van der Waals surface area contributed by atoms with Gasteiger partial charge in [0.2, 0.25) is 5.76 Å². The fourth-order valence-electron chi connectivity index (χ4n) is 5.89. The summed E-state index contributed by atoms with van der Waals surface area (Å²) in [6.07, 6.45) is 8.23. The van der Waals surface area contributed by atoms with E-state index in [0.29, 0.717) is 29.2 Å². The molecule has 5 rings (SSSR count). The Morgan fingerprint density at radius 1 is 1.15 bits per heavy atom. The zero-order valence-electron chi connectivity index (χ0n) is 19.4. The minimum absolute atomic E-state index is 0.167. The van der Waals surface area contributed by atoms with E-state index in [4.69, 9.17) is 9.26 Å². The molecule has 1 saturated heterocycles. The number of fused-ring (bicyclic) bond motifs is 2. The largest absolute Gasteiger partial charge is 0.474 e. The number of benzene rings is 1. The molecule has 1 aromatic heterocycles. The normalized spacial score (nSPS) is 27.8. The predicted molar refractivity (Wildman–Crippen MR) is 129 cm³/mol. The molecule has 3 aliphatic rings. The van der Waals surface area contributed by atoms with E-state index in [0.717, 1.165) is 49.1 Å². The summed E-state index contributed by atoms with van der Waals surface area (Å²) in [7, 11) is 0. The molecule has 0 radical (unpaired) electrons. The third-order valence-electron chi connectivity index (χ3n) is 7.55. The minimum atomic E-state index is -0.167.